The highest BCUT2D eigenvalue weighted by molar-refractivity contribution is 5.41. The topological polar surface area (TPSA) is 119 Å². The summed E-state index contributed by atoms with van der Waals surface area (Å²) in [7, 11) is 0. The maximum Gasteiger partial charge on any atom is 0.225 e. The number of aliphatic hydroxyl groups is 1. The summed E-state index contributed by atoms with van der Waals surface area (Å²) in [6.45, 7) is 0.444. The average molecular weight is 199 g/mol. The molecule has 7 heteroatoms. The molecule has 0 saturated heterocycles. The van der Waals surface area contributed by atoms with Crippen molar-refractivity contribution in [2.45, 2.75) is 6.42 Å². The molecule has 0 aliphatic heterocycles. The molecule has 0 fully saturated rings. The number of anilines is 2. The van der Waals surface area contributed by atoms with Gasteiger partial charge >= 0.3 is 0 Å². The molecule has 7 nitrogen and oxygen atoms in total. The van der Waals surface area contributed by atoms with Gasteiger partial charge in [0.2, 0.25) is 11.8 Å². The van der Waals surface area contributed by atoms with E-state index in [4.69, 9.17) is 21.4 Å². The highest BCUT2D eigenvalue weighted by atomic mass is 16.5. The number of aliphatic hydroxyl groups excluding tert-OH is 1. The molecular formula is C7H13N5O2. The number of ether oxygens (including phenoxy) is 1. The average Bonchev–Trinajstić information content (AvgIpc) is 2.17. The summed E-state index contributed by atoms with van der Waals surface area (Å²) in [6, 6.07) is 1.52. The molecule has 0 amide bonds. The maximum atomic E-state index is 8.53. The van der Waals surface area contributed by atoms with Crippen LogP contribution in [-0.4, -0.2) is 28.3 Å². The number of hydrogen-bond donors (Lipinski definition) is 4. The van der Waals surface area contributed by atoms with E-state index in [9.17, 15) is 0 Å². The molecule has 0 spiro atoms. The second-order valence-electron chi connectivity index (χ2n) is 2.52. The highest BCUT2D eigenvalue weighted by Gasteiger charge is 2.01. The third-order valence-electron chi connectivity index (χ3n) is 1.42. The van der Waals surface area contributed by atoms with Gasteiger partial charge in [-0.05, 0) is 0 Å². The fourth-order valence-corrected chi connectivity index (χ4v) is 0.832. The summed E-state index contributed by atoms with van der Waals surface area (Å²) in [6.07, 6.45) is 0.537. The Kier molecular flexibility index (Phi) is 3.89. The second-order valence-corrected chi connectivity index (χ2v) is 2.52. The molecule has 14 heavy (non-hydrogen) atoms. The molecule has 0 saturated carbocycles. The van der Waals surface area contributed by atoms with Gasteiger partial charge < -0.3 is 21.0 Å². The lowest BCUT2D eigenvalue weighted by Crippen LogP contribution is -2.11. The number of aromatic nitrogens is 2. The van der Waals surface area contributed by atoms with Crippen LogP contribution in [0.15, 0.2) is 6.07 Å². The molecule has 78 valence electrons. The Labute approximate surface area is 81.1 Å². The Morgan fingerprint density at radius 3 is 2.93 bits per heavy atom. The van der Waals surface area contributed by atoms with Crippen molar-refractivity contribution >= 4 is 11.8 Å². The zero-order valence-electron chi connectivity index (χ0n) is 7.60. The molecule has 0 aliphatic rings. The first kappa shape index (κ1) is 10.5. The normalized spacial score (nSPS) is 9.86. The SMILES string of the molecule is NNc1cc(OCCCO)nc(N)n1. The fraction of sp³-hybridized carbons (Fsp3) is 0.429. The largest absolute Gasteiger partial charge is 0.477 e. The van der Waals surface area contributed by atoms with Crippen LogP contribution in [0.5, 0.6) is 5.88 Å². The monoisotopic (exact) mass is 199 g/mol. The zero-order chi connectivity index (χ0) is 10.4. The molecule has 0 radical (unpaired) electrons. The van der Waals surface area contributed by atoms with Gasteiger partial charge in [-0.3, -0.25) is 0 Å². The van der Waals surface area contributed by atoms with Crippen LogP contribution in [0, 0.1) is 0 Å². The summed E-state index contributed by atoms with van der Waals surface area (Å²) in [5.74, 6) is 5.95. The molecule has 6 N–H and O–H groups in total. The lowest BCUT2D eigenvalue weighted by atomic mass is 10.5. The molecule has 1 aromatic rings. The van der Waals surface area contributed by atoms with Gasteiger partial charge in [0, 0.05) is 19.1 Å². The van der Waals surface area contributed by atoms with Crippen molar-refractivity contribution in [2.75, 3.05) is 24.4 Å². The van der Waals surface area contributed by atoms with E-state index < -0.39 is 0 Å². The third-order valence-corrected chi connectivity index (χ3v) is 1.42. The Morgan fingerprint density at radius 2 is 2.29 bits per heavy atom. The Balaban J connectivity index is 2.62. The van der Waals surface area contributed by atoms with Crippen LogP contribution in [-0.2, 0) is 0 Å². The molecule has 1 rings (SSSR count). The summed E-state index contributed by atoms with van der Waals surface area (Å²) in [5.41, 5.74) is 7.73. The first-order valence-corrected chi connectivity index (χ1v) is 4.11. The predicted octanol–water partition coefficient (Wildman–Crippen LogP) is -0.894. The van der Waals surface area contributed by atoms with Crippen LogP contribution in [0.25, 0.3) is 0 Å². The number of nitrogens with zero attached hydrogens (tertiary/aromatic N) is 2. The van der Waals surface area contributed by atoms with E-state index in [0.29, 0.717) is 24.7 Å². The van der Waals surface area contributed by atoms with Gasteiger partial charge in [-0.2, -0.15) is 9.97 Å². The predicted molar refractivity (Wildman–Crippen MR) is 51.5 cm³/mol. The number of hydrogen-bond acceptors (Lipinski definition) is 7. The van der Waals surface area contributed by atoms with Crippen LogP contribution in [0.3, 0.4) is 0 Å². The summed E-state index contributed by atoms with van der Waals surface area (Å²) in [4.78, 5) is 7.60. The van der Waals surface area contributed by atoms with Gasteiger partial charge in [-0.15, -0.1) is 0 Å². The van der Waals surface area contributed by atoms with Crippen LogP contribution < -0.4 is 21.7 Å². The van der Waals surface area contributed by atoms with Crippen molar-refractivity contribution in [1.82, 2.24) is 9.97 Å². The molecule has 0 aliphatic carbocycles. The van der Waals surface area contributed by atoms with Crippen molar-refractivity contribution in [3.8, 4) is 5.88 Å². The number of hydrazine groups is 1. The highest BCUT2D eigenvalue weighted by Crippen LogP contribution is 2.13. The van der Waals surface area contributed by atoms with Gasteiger partial charge in [0.1, 0.15) is 5.82 Å². The lowest BCUT2D eigenvalue weighted by Gasteiger charge is -2.06. The van der Waals surface area contributed by atoms with Crippen molar-refractivity contribution in [3.05, 3.63) is 6.07 Å². The zero-order valence-corrected chi connectivity index (χ0v) is 7.60. The van der Waals surface area contributed by atoms with Gasteiger partial charge in [-0.1, -0.05) is 0 Å². The minimum Gasteiger partial charge on any atom is -0.477 e. The molecule has 1 aromatic heterocycles. The first-order chi connectivity index (χ1) is 6.76. The molecule has 0 bridgehead atoms. The maximum absolute atomic E-state index is 8.53. The van der Waals surface area contributed by atoms with Crippen LogP contribution >= 0.6 is 0 Å². The molecule has 1 heterocycles. The quantitative estimate of drug-likeness (QED) is 0.276. The lowest BCUT2D eigenvalue weighted by molar-refractivity contribution is 0.229. The van der Waals surface area contributed by atoms with E-state index in [1.165, 1.54) is 6.07 Å². The van der Waals surface area contributed by atoms with E-state index in [2.05, 4.69) is 15.4 Å². The van der Waals surface area contributed by atoms with E-state index >= 15 is 0 Å². The van der Waals surface area contributed by atoms with E-state index in [1.807, 2.05) is 0 Å². The van der Waals surface area contributed by atoms with Crippen LogP contribution in [0.4, 0.5) is 11.8 Å². The molecular weight excluding hydrogens is 186 g/mol. The Hall–Kier alpha value is -1.60. The number of nitrogens with two attached hydrogens (primary N) is 2. The molecule has 0 atom stereocenters. The van der Waals surface area contributed by atoms with Gasteiger partial charge in [0.25, 0.3) is 0 Å². The van der Waals surface area contributed by atoms with E-state index in [-0.39, 0.29) is 12.6 Å². The van der Waals surface area contributed by atoms with Gasteiger partial charge in [-0.25, -0.2) is 5.84 Å². The number of nitrogens with one attached hydrogen (secondary N) is 1. The van der Waals surface area contributed by atoms with Crippen LogP contribution in [0.2, 0.25) is 0 Å². The standard InChI is InChI=1S/C7H13N5O2/c8-7-10-5(12-9)4-6(11-7)14-3-1-2-13/h4,13H,1-3,9H2,(H3,8,10,11,12). The fourth-order valence-electron chi connectivity index (χ4n) is 0.832. The van der Waals surface area contributed by atoms with Crippen molar-refractivity contribution < 1.29 is 9.84 Å². The van der Waals surface area contributed by atoms with E-state index in [0.717, 1.165) is 0 Å². The van der Waals surface area contributed by atoms with E-state index in [1.54, 1.807) is 0 Å². The second kappa shape index (κ2) is 5.20. The molecule has 0 aromatic carbocycles. The summed E-state index contributed by atoms with van der Waals surface area (Å²) >= 11 is 0. The minimum atomic E-state index is 0.0720. The first-order valence-electron chi connectivity index (χ1n) is 4.11. The van der Waals surface area contributed by atoms with Crippen LogP contribution in [0.1, 0.15) is 6.42 Å². The summed E-state index contributed by atoms with van der Waals surface area (Å²) < 4.78 is 5.18. The molecule has 0 unspecified atom stereocenters. The Bertz CT molecular complexity index is 293. The number of nitrogen functional groups attached to an aromatic ring is 2. The van der Waals surface area contributed by atoms with Gasteiger partial charge in [0.15, 0.2) is 0 Å². The smallest absolute Gasteiger partial charge is 0.225 e. The minimum absolute atomic E-state index is 0.0720. The van der Waals surface area contributed by atoms with Crippen molar-refractivity contribution in [2.24, 2.45) is 5.84 Å². The van der Waals surface area contributed by atoms with Gasteiger partial charge in [0.05, 0.1) is 6.61 Å². The van der Waals surface area contributed by atoms with Crippen molar-refractivity contribution in [3.63, 3.8) is 0 Å². The third kappa shape index (κ3) is 3.04. The number of rotatable bonds is 5. The summed E-state index contributed by atoms with van der Waals surface area (Å²) in [5, 5.41) is 8.53. The Morgan fingerprint density at radius 1 is 1.50 bits per heavy atom. The van der Waals surface area contributed by atoms with Crippen molar-refractivity contribution in [1.29, 1.82) is 0 Å².